The molecule has 0 saturated heterocycles. The molecule has 0 aliphatic heterocycles. The first-order valence-electron chi connectivity index (χ1n) is 7.10. The van der Waals surface area contributed by atoms with Gasteiger partial charge in [0.05, 0.1) is 32.2 Å². The van der Waals surface area contributed by atoms with Crippen LogP contribution in [0.5, 0.6) is 23.1 Å². The maximum Gasteiger partial charge on any atom is 0.230 e. The number of benzene rings is 2. The van der Waals surface area contributed by atoms with Gasteiger partial charge in [0.2, 0.25) is 5.88 Å². The highest BCUT2D eigenvalue weighted by Gasteiger charge is 2.12. The predicted molar refractivity (Wildman–Crippen MR) is 92.0 cm³/mol. The van der Waals surface area contributed by atoms with Gasteiger partial charge in [-0.3, -0.25) is 0 Å². The van der Waals surface area contributed by atoms with Gasteiger partial charge in [-0.25, -0.2) is 9.97 Å². The molecule has 0 N–H and O–H groups in total. The zero-order valence-electron chi connectivity index (χ0n) is 13.5. The minimum atomic E-state index is 0.445. The van der Waals surface area contributed by atoms with E-state index in [1.54, 1.807) is 33.5 Å². The quantitative estimate of drug-likeness (QED) is 0.624. The molecule has 0 bridgehead atoms. The van der Waals surface area contributed by atoms with Crippen molar-refractivity contribution < 1.29 is 18.4 Å². The maximum atomic E-state index is 5.94. The lowest BCUT2D eigenvalue weighted by atomic mass is 10.2. The minimum absolute atomic E-state index is 0.445. The van der Waals surface area contributed by atoms with Crippen molar-refractivity contribution in [3.8, 4) is 23.1 Å². The van der Waals surface area contributed by atoms with Crippen LogP contribution >= 0.6 is 12.0 Å². The summed E-state index contributed by atoms with van der Waals surface area (Å²) in [4.78, 5) is 9.44. The molecule has 24 heavy (non-hydrogen) atoms. The number of fused-ring (bicyclic) bond motifs is 1. The molecule has 0 atom stereocenters. The highest BCUT2D eigenvalue weighted by molar-refractivity contribution is 7.94. The zero-order chi connectivity index (χ0) is 16.9. The van der Waals surface area contributed by atoms with E-state index in [1.165, 1.54) is 18.4 Å². The molecule has 0 spiro atoms. The van der Waals surface area contributed by atoms with E-state index in [0.29, 0.717) is 28.6 Å². The van der Waals surface area contributed by atoms with Gasteiger partial charge < -0.3 is 18.4 Å². The Morgan fingerprint density at radius 2 is 1.71 bits per heavy atom. The molecule has 0 aliphatic carbocycles. The fourth-order valence-corrected chi connectivity index (χ4v) is 2.73. The van der Waals surface area contributed by atoms with E-state index in [1.807, 2.05) is 24.3 Å². The van der Waals surface area contributed by atoms with Gasteiger partial charge in [0.15, 0.2) is 11.5 Å². The number of aromatic nitrogens is 2. The zero-order valence-corrected chi connectivity index (χ0v) is 14.3. The third kappa shape index (κ3) is 3.37. The van der Waals surface area contributed by atoms with Gasteiger partial charge in [0.25, 0.3) is 0 Å². The summed E-state index contributed by atoms with van der Waals surface area (Å²) in [7, 11) is 4.79. The molecular weight excluding hydrogens is 328 g/mol. The largest absolute Gasteiger partial charge is 0.493 e. The van der Waals surface area contributed by atoms with Crippen molar-refractivity contribution in [3.05, 3.63) is 42.7 Å². The van der Waals surface area contributed by atoms with Gasteiger partial charge in [-0.1, -0.05) is 6.07 Å². The second-order valence-electron chi connectivity index (χ2n) is 4.73. The molecule has 0 amide bonds. The molecular formula is C17H16N2O4S. The minimum Gasteiger partial charge on any atom is -0.493 e. The van der Waals surface area contributed by atoms with E-state index in [-0.39, 0.29) is 0 Å². The molecule has 124 valence electrons. The van der Waals surface area contributed by atoms with Gasteiger partial charge in [-0.2, -0.15) is 0 Å². The van der Waals surface area contributed by atoms with Crippen molar-refractivity contribution in [1.82, 2.24) is 9.97 Å². The van der Waals surface area contributed by atoms with Gasteiger partial charge in [0.1, 0.15) is 12.1 Å². The standard InChI is InChI=1S/C17H16N2O4S/c1-20-15-8-13-14(9-16(15)21-2)18-10-19-17(13)23-11-5-4-6-12(7-11)24-22-3/h4-10H,1-3H3. The van der Waals surface area contributed by atoms with Gasteiger partial charge in [-0.05, 0) is 24.3 Å². The van der Waals surface area contributed by atoms with Crippen LogP contribution in [0, 0.1) is 0 Å². The van der Waals surface area contributed by atoms with Crippen LogP contribution < -0.4 is 14.2 Å². The Bertz CT molecular complexity index is 857. The molecule has 1 aromatic heterocycles. The third-order valence-corrected chi connectivity index (χ3v) is 3.92. The van der Waals surface area contributed by atoms with Crippen LogP contribution in [-0.4, -0.2) is 31.3 Å². The Kier molecular flexibility index (Phi) is 5.02. The van der Waals surface area contributed by atoms with Crippen LogP contribution in [0.4, 0.5) is 0 Å². The summed E-state index contributed by atoms with van der Waals surface area (Å²) in [6, 6.07) is 11.2. The average Bonchev–Trinajstić information content (AvgIpc) is 2.61. The Labute approximate surface area is 143 Å². The lowest BCUT2D eigenvalue weighted by Gasteiger charge is -2.11. The van der Waals surface area contributed by atoms with Crippen LogP contribution in [-0.2, 0) is 4.18 Å². The third-order valence-electron chi connectivity index (χ3n) is 3.30. The first kappa shape index (κ1) is 16.4. The molecule has 0 aliphatic rings. The summed E-state index contributed by atoms with van der Waals surface area (Å²) < 4.78 is 21.6. The van der Waals surface area contributed by atoms with Crippen LogP contribution in [0.15, 0.2) is 47.6 Å². The number of rotatable bonds is 6. The lowest BCUT2D eigenvalue weighted by molar-refractivity contribution is 0.355. The smallest absolute Gasteiger partial charge is 0.230 e. The molecule has 1 heterocycles. The van der Waals surface area contributed by atoms with Crippen molar-refractivity contribution in [2.45, 2.75) is 4.90 Å². The fourth-order valence-electron chi connectivity index (χ4n) is 2.24. The van der Waals surface area contributed by atoms with E-state index >= 15 is 0 Å². The molecule has 2 aromatic carbocycles. The normalized spacial score (nSPS) is 10.6. The fraction of sp³-hybridized carbons (Fsp3) is 0.176. The number of hydrogen-bond donors (Lipinski definition) is 0. The van der Waals surface area contributed by atoms with Gasteiger partial charge >= 0.3 is 0 Å². The first-order valence-corrected chi connectivity index (χ1v) is 7.84. The highest BCUT2D eigenvalue weighted by atomic mass is 32.2. The summed E-state index contributed by atoms with van der Waals surface area (Å²) >= 11 is 1.27. The van der Waals surface area contributed by atoms with E-state index in [2.05, 4.69) is 9.97 Å². The number of hydrogen-bond acceptors (Lipinski definition) is 7. The SMILES string of the molecule is COSc1cccc(Oc2ncnc3cc(OC)c(OC)cc23)c1. The molecule has 0 fully saturated rings. The topological polar surface area (TPSA) is 62.7 Å². The lowest BCUT2D eigenvalue weighted by Crippen LogP contribution is -1.95. The molecule has 0 radical (unpaired) electrons. The summed E-state index contributed by atoms with van der Waals surface area (Å²) in [5.74, 6) is 2.30. The monoisotopic (exact) mass is 344 g/mol. The van der Waals surface area contributed by atoms with Crippen molar-refractivity contribution in [2.75, 3.05) is 21.3 Å². The van der Waals surface area contributed by atoms with Gasteiger partial charge in [-0.15, -0.1) is 0 Å². The molecule has 0 saturated carbocycles. The Morgan fingerprint density at radius 3 is 2.46 bits per heavy atom. The van der Waals surface area contributed by atoms with Crippen LogP contribution in [0.1, 0.15) is 0 Å². The first-order chi connectivity index (χ1) is 11.7. The average molecular weight is 344 g/mol. The van der Waals surface area contributed by atoms with E-state index < -0.39 is 0 Å². The van der Waals surface area contributed by atoms with Crippen molar-refractivity contribution in [3.63, 3.8) is 0 Å². The van der Waals surface area contributed by atoms with Crippen molar-refractivity contribution >= 4 is 22.9 Å². The van der Waals surface area contributed by atoms with E-state index in [4.69, 9.17) is 18.4 Å². The second kappa shape index (κ2) is 7.37. The highest BCUT2D eigenvalue weighted by Crippen LogP contribution is 2.36. The predicted octanol–water partition coefficient (Wildman–Crippen LogP) is 4.09. The van der Waals surface area contributed by atoms with Crippen molar-refractivity contribution in [1.29, 1.82) is 0 Å². The molecule has 7 heteroatoms. The van der Waals surface area contributed by atoms with Crippen molar-refractivity contribution in [2.24, 2.45) is 0 Å². The molecule has 6 nitrogen and oxygen atoms in total. The number of nitrogens with zero attached hydrogens (tertiary/aromatic N) is 2. The molecule has 3 rings (SSSR count). The van der Waals surface area contributed by atoms with Crippen LogP contribution in [0.25, 0.3) is 10.9 Å². The summed E-state index contributed by atoms with van der Waals surface area (Å²) in [6.45, 7) is 0. The second-order valence-corrected chi connectivity index (χ2v) is 5.70. The molecule has 0 unspecified atom stereocenters. The van der Waals surface area contributed by atoms with E-state index in [9.17, 15) is 0 Å². The van der Waals surface area contributed by atoms with Crippen LogP contribution in [0.3, 0.4) is 0 Å². The Balaban J connectivity index is 2.01. The maximum absolute atomic E-state index is 5.94. The van der Waals surface area contributed by atoms with E-state index in [0.717, 1.165) is 10.3 Å². The summed E-state index contributed by atoms with van der Waals surface area (Å²) in [6.07, 6.45) is 1.46. The Hall–Kier alpha value is -2.51. The molecule has 3 aromatic rings. The van der Waals surface area contributed by atoms with Gasteiger partial charge in [0, 0.05) is 23.0 Å². The summed E-state index contributed by atoms with van der Waals surface area (Å²) in [5, 5.41) is 0.736. The van der Waals surface area contributed by atoms with Crippen LogP contribution in [0.2, 0.25) is 0 Å². The number of ether oxygens (including phenoxy) is 3. The number of methoxy groups -OCH3 is 2. The Morgan fingerprint density at radius 1 is 0.917 bits per heavy atom. The summed E-state index contributed by atoms with van der Waals surface area (Å²) in [5.41, 5.74) is 0.708.